The third-order valence-electron chi connectivity index (χ3n) is 3.72. The Bertz CT molecular complexity index is 345. The van der Waals surface area contributed by atoms with E-state index < -0.39 is 0 Å². The molecular weight excluding hydrogens is 210 g/mol. The Kier molecular flexibility index (Phi) is 4.57. The van der Waals surface area contributed by atoms with Crippen LogP contribution in [0.15, 0.2) is 24.3 Å². The maximum atomic E-state index is 6.28. The molecule has 1 saturated heterocycles. The van der Waals surface area contributed by atoms with Gasteiger partial charge in [0.1, 0.15) is 0 Å². The van der Waals surface area contributed by atoms with Gasteiger partial charge < -0.3 is 10.5 Å². The van der Waals surface area contributed by atoms with E-state index in [-0.39, 0.29) is 0 Å². The first-order valence-corrected chi connectivity index (χ1v) is 6.64. The summed E-state index contributed by atoms with van der Waals surface area (Å²) in [7, 11) is 0. The summed E-state index contributed by atoms with van der Waals surface area (Å²) in [6.45, 7) is 3.92. The van der Waals surface area contributed by atoms with Crippen molar-refractivity contribution in [2.75, 3.05) is 13.2 Å². The molecule has 1 aromatic carbocycles. The minimum absolute atomic E-state index is 0.333. The molecule has 17 heavy (non-hydrogen) atoms. The van der Waals surface area contributed by atoms with Gasteiger partial charge in [-0.15, -0.1) is 0 Å². The molecule has 0 spiro atoms. The number of nitrogens with two attached hydrogens (primary N) is 1. The summed E-state index contributed by atoms with van der Waals surface area (Å²) >= 11 is 0. The molecule has 1 aliphatic heterocycles. The fourth-order valence-electron chi connectivity index (χ4n) is 2.58. The molecule has 2 N–H and O–H groups in total. The first-order valence-electron chi connectivity index (χ1n) is 6.64. The Hall–Kier alpha value is -0.860. The minimum Gasteiger partial charge on any atom is -0.381 e. The molecule has 0 bridgehead atoms. The topological polar surface area (TPSA) is 35.2 Å². The van der Waals surface area contributed by atoms with Crippen LogP contribution in [-0.2, 0) is 11.2 Å². The summed E-state index contributed by atoms with van der Waals surface area (Å²) in [5, 5.41) is 0. The third kappa shape index (κ3) is 3.83. The number of ether oxygens (including phenoxy) is 1. The Morgan fingerprint density at radius 1 is 1.35 bits per heavy atom. The van der Waals surface area contributed by atoms with E-state index in [0.29, 0.717) is 12.0 Å². The standard InChI is InChI=1S/C15H23NO/c1-12-3-2-4-13(11-12)5-6-15(16)14-7-9-17-10-8-14/h2-4,11,14-15H,5-10,16H2,1H3. The SMILES string of the molecule is Cc1cccc(CCC(N)C2CCOCC2)c1. The number of hydrogen-bond acceptors (Lipinski definition) is 2. The minimum atomic E-state index is 0.333. The van der Waals surface area contributed by atoms with Crippen molar-refractivity contribution in [3.8, 4) is 0 Å². The normalized spacial score (nSPS) is 19.2. The van der Waals surface area contributed by atoms with Crippen LogP contribution >= 0.6 is 0 Å². The van der Waals surface area contributed by atoms with Gasteiger partial charge >= 0.3 is 0 Å². The highest BCUT2D eigenvalue weighted by Crippen LogP contribution is 2.20. The van der Waals surface area contributed by atoms with Crippen LogP contribution in [0.1, 0.15) is 30.4 Å². The Labute approximate surface area is 104 Å². The van der Waals surface area contributed by atoms with Gasteiger partial charge in [0.05, 0.1) is 0 Å². The first kappa shape index (κ1) is 12.6. The molecule has 0 saturated carbocycles. The zero-order chi connectivity index (χ0) is 12.1. The fraction of sp³-hybridized carbons (Fsp3) is 0.600. The molecule has 1 aliphatic rings. The predicted molar refractivity (Wildman–Crippen MR) is 71.0 cm³/mol. The van der Waals surface area contributed by atoms with Crippen LogP contribution in [0.4, 0.5) is 0 Å². The van der Waals surface area contributed by atoms with Crippen LogP contribution in [0, 0.1) is 12.8 Å². The highest BCUT2D eigenvalue weighted by atomic mass is 16.5. The lowest BCUT2D eigenvalue weighted by Crippen LogP contribution is -2.34. The van der Waals surface area contributed by atoms with E-state index in [1.807, 2.05) is 0 Å². The van der Waals surface area contributed by atoms with E-state index in [9.17, 15) is 0 Å². The molecule has 0 aromatic heterocycles. The Morgan fingerprint density at radius 3 is 2.82 bits per heavy atom. The zero-order valence-corrected chi connectivity index (χ0v) is 10.7. The summed E-state index contributed by atoms with van der Waals surface area (Å²) in [5.41, 5.74) is 9.02. The summed E-state index contributed by atoms with van der Waals surface area (Å²) in [4.78, 5) is 0. The summed E-state index contributed by atoms with van der Waals surface area (Å²) < 4.78 is 5.37. The summed E-state index contributed by atoms with van der Waals surface area (Å²) in [6.07, 6.45) is 4.46. The smallest absolute Gasteiger partial charge is 0.0469 e. The molecule has 1 atom stereocenters. The molecule has 2 rings (SSSR count). The number of rotatable bonds is 4. The van der Waals surface area contributed by atoms with E-state index in [4.69, 9.17) is 10.5 Å². The predicted octanol–water partition coefficient (Wildman–Crippen LogP) is 2.68. The number of hydrogen-bond donors (Lipinski definition) is 1. The van der Waals surface area contributed by atoms with Gasteiger partial charge in [0.25, 0.3) is 0 Å². The number of aryl methyl sites for hydroxylation is 2. The maximum Gasteiger partial charge on any atom is 0.0469 e. The molecule has 0 amide bonds. The van der Waals surface area contributed by atoms with E-state index in [0.717, 1.165) is 38.9 Å². The van der Waals surface area contributed by atoms with Crippen molar-refractivity contribution >= 4 is 0 Å². The van der Waals surface area contributed by atoms with Gasteiger partial charge in [0.15, 0.2) is 0 Å². The van der Waals surface area contributed by atoms with Crippen LogP contribution in [-0.4, -0.2) is 19.3 Å². The van der Waals surface area contributed by atoms with Crippen LogP contribution in [0.2, 0.25) is 0 Å². The second-order valence-electron chi connectivity index (χ2n) is 5.14. The molecular formula is C15H23NO. The van der Waals surface area contributed by atoms with Crippen molar-refractivity contribution in [3.63, 3.8) is 0 Å². The molecule has 1 aromatic rings. The molecule has 94 valence electrons. The Morgan fingerprint density at radius 2 is 2.12 bits per heavy atom. The molecule has 1 fully saturated rings. The van der Waals surface area contributed by atoms with Crippen molar-refractivity contribution in [2.45, 2.75) is 38.6 Å². The van der Waals surface area contributed by atoms with Gasteiger partial charge in [-0.05, 0) is 44.1 Å². The fourth-order valence-corrected chi connectivity index (χ4v) is 2.58. The van der Waals surface area contributed by atoms with Gasteiger partial charge in [0.2, 0.25) is 0 Å². The molecule has 1 heterocycles. The highest BCUT2D eigenvalue weighted by molar-refractivity contribution is 5.22. The van der Waals surface area contributed by atoms with Crippen molar-refractivity contribution in [1.29, 1.82) is 0 Å². The largest absolute Gasteiger partial charge is 0.381 e. The van der Waals surface area contributed by atoms with E-state index >= 15 is 0 Å². The summed E-state index contributed by atoms with van der Waals surface area (Å²) in [6, 6.07) is 9.06. The van der Waals surface area contributed by atoms with E-state index in [1.54, 1.807) is 0 Å². The lowest BCUT2D eigenvalue weighted by Gasteiger charge is -2.27. The van der Waals surface area contributed by atoms with Gasteiger partial charge in [-0.3, -0.25) is 0 Å². The second kappa shape index (κ2) is 6.18. The molecule has 2 heteroatoms. The van der Waals surface area contributed by atoms with Crippen molar-refractivity contribution in [2.24, 2.45) is 11.7 Å². The zero-order valence-electron chi connectivity index (χ0n) is 10.7. The third-order valence-corrected chi connectivity index (χ3v) is 3.72. The van der Waals surface area contributed by atoms with E-state index in [1.165, 1.54) is 11.1 Å². The van der Waals surface area contributed by atoms with Crippen molar-refractivity contribution < 1.29 is 4.74 Å². The van der Waals surface area contributed by atoms with Gasteiger partial charge in [-0.2, -0.15) is 0 Å². The van der Waals surface area contributed by atoms with Crippen LogP contribution in [0.5, 0.6) is 0 Å². The quantitative estimate of drug-likeness (QED) is 0.867. The van der Waals surface area contributed by atoms with Gasteiger partial charge in [-0.25, -0.2) is 0 Å². The van der Waals surface area contributed by atoms with Gasteiger partial charge in [0, 0.05) is 19.3 Å². The maximum absolute atomic E-state index is 6.28. The average molecular weight is 233 g/mol. The van der Waals surface area contributed by atoms with Crippen LogP contribution in [0.3, 0.4) is 0 Å². The Balaban J connectivity index is 1.80. The number of benzene rings is 1. The first-order chi connectivity index (χ1) is 8.25. The lowest BCUT2D eigenvalue weighted by atomic mass is 9.88. The monoisotopic (exact) mass is 233 g/mol. The van der Waals surface area contributed by atoms with Crippen molar-refractivity contribution in [1.82, 2.24) is 0 Å². The average Bonchev–Trinajstić information content (AvgIpc) is 2.37. The lowest BCUT2D eigenvalue weighted by molar-refractivity contribution is 0.0576. The molecule has 0 radical (unpaired) electrons. The highest BCUT2D eigenvalue weighted by Gasteiger charge is 2.20. The van der Waals surface area contributed by atoms with Crippen LogP contribution < -0.4 is 5.73 Å². The second-order valence-corrected chi connectivity index (χ2v) is 5.14. The van der Waals surface area contributed by atoms with Gasteiger partial charge in [-0.1, -0.05) is 29.8 Å². The van der Waals surface area contributed by atoms with E-state index in [2.05, 4.69) is 31.2 Å². The molecule has 0 aliphatic carbocycles. The molecule has 1 unspecified atom stereocenters. The molecule has 2 nitrogen and oxygen atoms in total. The van der Waals surface area contributed by atoms with Crippen LogP contribution in [0.25, 0.3) is 0 Å². The summed E-state index contributed by atoms with van der Waals surface area (Å²) in [5.74, 6) is 0.661. The van der Waals surface area contributed by atoms with Crippen molar-refractivity contribution in [3.05, 3.63) is 35.4 Å².